The quantitative estimate of drug-likeness (QED) is 0.722. The summed E-state index contributed by atoms with van der Waals surface area (Å²) in [6.45, 7) is 1.04. The highest BCUT2D eigenvalue weighted by Gasteiger charge is 2.40. The lowest BCUT2D eigenvalue weighted by Gasteiger charge is -2.13. The zero-order chi connectivity index (χ0) is 8.44. The Balaban J connectivity index is 1.83. The van der Waals surface area contributed by atoms with Crippen molar-refractivity contribution in [2.24, 2.45) is 0 Å². The van der Waals surface area contributed by atoms with Crippen LogP contribution < -0.4 is 5.32 Å². The van der Waals surface area contributed by atoms with E-state index in [0.29, 0.717) is 5.54 Å². The molecule has 1 aromatic rings. The third kappa shape index (κ3) is 1.50. The Morgan fingerprint density at radius 1 is 1.58 bits per heavy atom. The first-order valence-electron chi connectivity index (χ1n) is 4.51. The molecule has 0 bridgehead atoms. The van der Waals surface area contributed by atoms with Crippen LogP contribution in [0.5, 0.6) is 0 Å². The number of nitrogens with zero attached hydrogens (tertiary/aromatic N) is 2. The highest BCUT2D eigenvalue weighted by Crippen LogP contribution is 2.38. The fraction of sp³-hybridized carbons (Fsp3) is 0.667. The van der Waals surface area contributed by atoms with E-state index >= 15 is 0 Å². The minimum absolute atomic E-state index is 0.450. The van der Waals surface area contributed by atoms with E-state index in [2.05, 4.69) is 17.5 Å². The van der Waals surface area contributed by atoms with Gasteiger partial charge >= 0.3 is 0 Å². The molecule has 3 heteroatoms. The molecule has 1 aliphatic rings. The smallest absolute Gasteiger partial charge is 0.0489 e. The lowest BCUT2D eigenvalue weighted by atomic mass is 10.2. The van der Waals surface area contributed by atoms with Crippen molar-refractivity contribution in [1.29, 1.82) is 0 Å². The molecule has 2 rings (SSSR count). The number of hydrogen-bond donors (Lipinski definition) is 1. The molecule has 12 heavy (non-hydrogen) atoms. The second kappa shape index (κ2) is 2.90. The summed E-state index contributed by atoms with van der Waals surface area (Å²) in [7, 11) is 2.05. The number of aromatic nitrogens is 2. The molecule has 0 saturated heterocycles. The number of hydrogen-bond acceptors (Lipinski definition) is 2. The van der Waals surface area contributed by atoms with Gasteiger partial charge in [-0.05, 0) is 32.4 Å². The van der Waals surface area contributed by atoms with Crippen molar-refractivity contribution in [2.75, 3.05) is 7.05 Å². The third-order valence-electron chi connectivity index (χ3n) is 2.76. The van der Waals surface area contributed by atoms with Gasteiger partial charge in [-0.25, -0.2) is 0 Å². The zero-order valence-electron chi connectivity index (χ0n) is 7.45. The van der Waals surface area contributed by atoms with Gasteiger partial charge in [-0.1, -0.05) is 0 Å². The van der Waals surface area contributed by atoms with Crippen LogP contribution in [0.2, 0.25) is 0 Å². The Hall–Kier alpha value is -0.830. The van der Waals surface area contributed by atoms with Gasteiger partial charge in [0, 0.05) is 24.5 Å². The summed E-state index contributed by atoms with van der Waals surface area (Å²) in [6, 6.07) is 1.97. The molecule has 1 aromatic heterocycles. The van der Waals surface area contributed by atoms with Crippen LogP contribution in [0, 0.1) is 0 Å². The lowest BCUT2D eigenvalue weighted by molar-refractivity contribution is 0.447. The fourth-order valence-corrected chi connectivity index (χ4v) is 1.54. The standard InChI is InChI=1S/C9H15N3/c1-10-9(3-4-9)5-8-12-7-2-6-11-12/h2,6-7,10H,3-5,8H2,1H3. The van der Waals surface area contributed by atoms with Crippen LogP contribution >= 0.6 is 0 Å². The predicted octanol–water partition coefficient (Wildman–Crippen LogP) is 1.03. The number of aryl methyl sites for hydroxylation is 1. The van der Waals surface area contributed by atoms with E-state index in [1.807, 2.05) is 23.1 Å². The van der Waals surface area contributed by atoms with Crippen LogP contribution in [0.4, 0.5) is 0 Å². The summed E-state index contributed by atoms with van der Waals surface area (Å²) in [4.78, 5) is 0. The van der Waals surface area contributed by atoms with Crippen molar-refractivity contribution >= 4 is 0 Å². The Labute approximate surface area is 72.8 Å². The average Bonchev–Trinajstić information content (AvgIpc) is 2.70. The molecule has 1 saturated carbocycles. The van der Waals surface area contributed by atoms with Crippen LogP contribution in [0.25, 0.3) is 0 Å². The summed E-state index contributed by atoms with van der Waals surface area (Å²) >= 11 is 0. The topological polar surface area (TPSA) is 29.9 Å². The molecule has 0 spiro atoms. The van der Waals surface area contributed by atoms with Crippen LogP contribution in [0.15, 0.2) is 18.5 Å². The monoisotopic (exact) mass is 165 g/mol. The van der Waals surface area contributed by atoms with Crippen LogP contribution in [0.1, 0.15) is 19.3 Å². The van der Waals surface area contributed by atoms with E-state index in [-0.39, 0.29) is 0 Å². The van der Waals surface area contributed by atoms with E-state index in [4.69, 9.17) is 0 Å². The molecule has 1 heterocycles. The van der Waals surface area contributed by atoms with Crippen molar-refractivity contribution in [2.45, 2.75) is 31.3 Å². The molecular formula is C9H15N3. The van der Waals surface area contributed by atoms with E-state index in [9.17, 15) is 0 Å². The van der Waals surface area contributed by atoms with Gasteiger partial charge in [0.1, 0.15) is 0 Å². The van der Waals surface area contributed by atoms with Gasteiger partial charge in [-0.2, -0.15) is 5.10 Å². The third-order valence-corrected chi connectivity index (χ3v) is 2.76. The van der Waals surface area contributed by atoms with E-state index < -0.39 is 0 Å². The molecule has 3 nitrogen and oxygen atoms in total. The Morgan fingerprint density at radius 3 is 2.92 bits per heavy atom. The maximum absolute atomic E-state index is 4.17. The van der Waals surface area contributed by atoms with Gasteiger partial charge < -0.3 is 5.32 Å². The van der Waals surface area contributed by atoms with Crippen LogP contribution in [0.3, 0.4) is 0 Å². The van der Waals surface area contributed by atoms with E-state index in [1.165, 1.54) is 19.3 Å². The highest BCUT2D eigenvalue weighted by atomic mass is 15.3. The minimum atomic E-state index is 0.450. The largest absolute Gasteiger partial charge is 0.314 e. The summed E-state index contributed by atoms with van der Waals surface area (Å²) in [5, 5.41) is 7.54. The normalized spacial score (nSPS) is 19.4. The molecule has 0 amide bonds. The number of nitrogens with one attached hydrogen (secondary N) is 1. The second-order valence-corrected chi connectivity index (χ2v) is 3.55. The van der Waals surface area contributed by atoms with Crippen molar-refractivity contribution < 1.29 is 0 Å². The summed E-state index contributed by atoms with van der Waals surface area (Å²) in [5.41, 5.74) is 0.450. The van der Waals surface area contributed by atoms with Crippen LogP contribution in [-0.4, -0.2) is 22.4 Å². The van der Waals surface area contributed by atoms with Gasteiger partial charge in [0.05, 0.1) is 0 Å². The van der Waals surface area contributed by atoms with Crippen molar-refractivity contribution in [3.8, 4) is 0 Å². The maximum atomic E-state index is 4.17. The average molecular weight is 165 g/mol. The summed E-state index contributed by atoms with van der Waals surface area (Å²) in [5.74, 6) is 0. The fourth-order valence-electron chi connectivity index (χ4n) is 1.54. The predicted molar refractivity (Wildman–Crippen MR) is 47.9 cm³/mol. The molecule has 0 radical (unpaired) electrons. The molecule has 0 aromatic carbocycles. The van der Waals surface area contributed by atoms with Gasteiger partial charge in [0.25, 0.3) is 0 Å². The molecule has 1 N–H and O–H groups in total. The Morgan fingerprint density at radius 2 is 2.42 bits per heavy atom. The lowest BCUT2D eigenvalue weighted by Crippen LogP contribution is -2.28. The van der Waals surface area contributed by atoms with Gasteiger partial charge in [0.15, 0.2) is 0 Å². The molecule has 1 aliphatic carbocycles. The minimum Gasteiger partial charge on any atom is -0.314 e. The van der Waals surface area contributed by atoms with E-state index in [1.54, 1.807) is 0 Å². The van der Waals surface area contributed by atoms with Crippen LogP contribution in [-0.2, 0) is 6.54 Å². The summed E-state index contributed by atoms with van der Waals surface area (Å²) in [6.07, 6.45) is 7.70. The molecule has 66 valence electrons. The zero-order valence-corrected chi connectivity index (χ0v) is 7.45. The van der Waals surface area contributed by atoms with Gasteiger partial charge in [-0.15, -0.1) is 0 Å². The van der Waals surface area contributed by atoms with Gasteiger partial charge in [-0.3, -0.25) is 4.68 Å². The Kier molecular flexibility index (Phi) is 1.89. The van der Waals surface area contributed by atoms with Crippen molar-refractivity contribution in [1.82, 2.24) is 15.1 Å². The van der Waals surface area contributed by atoms with Crippen molar-refractivity contribution in [3.63, 3.8) is 0 Å². The summed E-state index contributed by atoms with van der Waals surface area (Å²) < 4.78 is 2.00. The Bertz CT molecular complexity index is 236. The SMILES string of the molecule is CNC1(CCn2cccn2)CC1. The molecule has 0 unspecified atom stereocenters. The highest BCUT2D eigenvalue weighted by molar-refractivity contribution is 5.00. The van der Waals surface area contributed by atoms with Crippen molar-refractivity contribution in [3.05, 3.63) is 18.5 Å². The second-order valence-electron chi connectivity index (χ2n) is 3.55. The first-order chi connectivity index (χ1) is 5.85. The first kappa shape index (κ1) is 7.80. The molecular weight excluding hydrogens is 150 g/mol. The van der Waals surface area contributed by atoms with E-state index in [0.717, 1.165) is 6.54 Å². The first-order valence-corrected chi connectivity index (χ1v) is 4.51. The number of rotatable bonds is 4. The molecule has 0 atom stereocenters. The van der Waals surface area contributed by atoms with Gasteiger partial charge in [0.2, 0.25) is 0 Å². The molecule has 0 aliphatic heterocycles. The molecule has 1 fully saturated rings. The maximum Gasteiger partial charge on any atom is 0.0489 e.